The molecule has 0 amide bonds. The Morgan fingerprint density at radius 1 is 0.640 bits per heavy atom. The standard InChI is InChI=1S/C23H32N2/c1-15-11-17(3)22(18(4)12-15)24-9-8-10-25(21(24)7)23-19(5)13-16(2)14-20(23)6/h11-14,21H,8-10H2,1-7H3. The normalized spacial score (nSPS) is 15.8. The van der Waals surface area contributed by atoms with Crippen molar-refractivity contribution < 1.29 is 0 Å². The summed E-state index contributed by atoms with van der Waals surface area (Å²) in [6.45, 7) is 18.0. The molecule has 0 radical (unpaired) electrons. The van der Waals surface area contributed by atoms with Crippen LogP contribution in [0.2, 0.25) is 0 Å². The van der Waals surface area contributed by atoms with Gasteiger partial charge in [0, 0.05) is 24.5 Å². The molecule has 2 nitrogen and oxygen atoms in total. The lowest BCUT2D eigenvalue weighted by Gasteiger charge is -2.46. The lowest BCUT2D eigenvalue weighted by atomic mass is 10.00. The first-order chi connectivity index (χ1) is 11.8. The van der Waals surface area contributed by atoms with Crippen molar-refractivity contribution in [3.8, 4) is 0 Å². The number of aryl methyl sites for hydroxylation is 6. The van der Waals surface area contributed by atoms with Gasteiger partial charge in [0.25, 0.3) is 0 Å². The van der Waals surface area contributed by atoms with E-state index < -0.39 is 0 Å². The molecule has 1 aliphatic rings. The molecule has 0 saturated carbocycles. The van der Waals surface area contributed by atoms with Gasteiger partial charge in [0.1, 0.15) is 0 Å². The van der Waals surface area contributed by atoms with Gasteiger partial charge in [-0.25, -0.2) is 0 Å². The Balaban J connectivity index is 2.02. The maximum absolute atomic E-state index is 2.60. The van der Waals surface area contributed by atoms with Gasteiger partial charge in [0.2, 0.25) is 0 Å². The SMILES string of the molecule is Cc1cc(C)c(N2CCCN(c3c(C)cc(C)cc3C)C2C)c(C)c1. The first-order valence-corrected chi connectivity index (χ1v) is 9.48. The number of nitrogens with zero attached hydrogens (tertiary/aromatic N) is 2. The van der Waals surface area contributed by atoms with E-state index in [4.69, 9.17) is 0 Å². The molecule has 2 aromatic carbocycles. The van der Waals surface area contributed by atoms with E-state index in [0.717, 1.165) is 13.1 Å². The van der Waals surface area contributed by atoms with Crippen LogP contribution in [-0.4, -0.2) is 19.3 Å². The number of benzene rings is 2. The minimum absolute atomic E-state index is 0.369. The van der Waals surface area contributed by atoms with Crippen molar-refractivity contribution in [3.63, 3.8) is 0 Å². The molecule has 0 atom stereocenters. The maximum atomic E-state index is 2.60. The first kappa shape index (κ1) is 17.8. The van der Waals surface area contributed by atoms with Crippen LogP contribution in [0.5, 0.6) is 0 Å². The van der Waals surface area contributed by atoms with Gasteiger partial charge >= 0.3 is 0 Å². The fraction of sp³-hybridized carbons (Fsp3) is 0.478. The van der Waals surface area contributed by atoms with Gasteiger partial charge in [0.15, 0.2) is 0 Å². The molecule has 0 bridgehead atoms. The molecule has 2 heteroatoms. The van der Waals surface area contributed by atoms with E-state index in [2.05, 4.69) is 82.5 Å². The Morgan fingerprint density at radius 3 is 1.28 bits per heavy atom. The highest BCUT2D eigenvalue weighted by Crippen LogP contribution is 2.35. The molecule has 0 N–H and O–H groups in total. The second kappa shape index (κ2) is 6.74. The average molecular weight is 337 g/mol. The average Bonchev–Trinajstić information content (AvgIpc) is 2.48. The molecular weight excluding hydrogens is 304 g/mol. The minimum atomic E-state index is 0.369. The summed E-state index contributed by atoms with van der Waals surface area (Å²) in [5.41, 5.74) is 11.1. The van der Waals surface area contributed by atoms with Crippen LogP contribution in [0.1, 0.15) is 46.7 Å². The molecule has 1 aliphatic heterocycles. The summed E-state index contributed by atoms with van der Waals surface area (Å²) in [4.78, 5) is 5.21. The van der Waals surface area contributed by atoms with Crippen molar-refractivity contribution >= 4 is 11.4 Å². The van der Waals surface area contributed by atoms with Crippen molar-refractivity contribution in [3.05, 3.63) is 57.6 Å². The molecule has 1 heterocycles. The van der Waals surface area contributed by atoms with Gasteiger partial charge in [0.05, 0.1) is 6.17 Å². The molecule has 1 fully saturated rings. The lowest BCUT2D eigenvalue weighted by Crippen LogP contribution is -2.53. The summed E-state index contributed by atoms with van der Waals surface area (Å²) in [6, 6.07) is 9.26. The quantitative estimate of drug-likeness (QED) is 0.704. The zero-order chi connectivity index (χ0) is 18.3. The smallest absolute Gasteiger partial charge is 0.0987 e. The third-order valence-corrected chi connectivity index (χ3v) is 5.55. The summed E-state index contributed by atoms with van der Waals surface area (Å²) < 4.78 is 0. The van der Waals surface area contributed by atoms with Gasteiger partial charge in [-0.1, -0.05) is 35.4 Å². The third kappa shape index (κ3) is 3.27. The van der Waals surface area contributed by atoms with E-state index in [9.17, 15) is 0 Å². The molecule has 0 aromatic heterocycles. The molecule has 25 heavy (non-hydrogen) atoms. The zero-order valence-corrected chi connectivity index (χ0v) is 16.9. The van der Waals surface area contributed by atoms with Crippen LogP contribution < -0.4 is 9.80 Å². The predicted octanol–water partition coefficient (Wildman–Crippen LogP) is 5.60. The Hall–Kier alpha value is -1.96. The van der Waals surface area contributed by atoms with Crippen molar-refractivity contribution in [2.24, 2.45) is 0 Å². The first-order valence-electron chi connectivity index (χ1n) is 9.48. The van der Waals surface area contributed by atoms with E-state index in [1.54, 1.807) is 0 Å². The van der Waals surface area contributed by atoms with Gasteiger partial charge in [-0.15, -0.1) is 0 Å². The summed E-state index contributed by atoms with van der Waals surface area (Å²) in [5.74, 6) is 0. The minimum Gasteiger partial charge on any atom is -0.351 e. The molecule has 2 aromatic rings. The van der Waals surface area contributed by atoms with Crippen molar-refractivity contribution in [1.82, 2.24) is 0 Å². The van der Waals surface area contributed by atoms with Crippen molar-refractivity contribution in [1.29, 1.82) is 0 Å². The van der Waals surface area contributed by atoms with E-state index in [-0.39, 0.29) is 0 Å². The van der Waals surface area contributed by atoms with Crippen LogP contribution in [0.25, 0.3) is 0 Å². The fourth-order valence-corrected chi connectivity index (χ4v) is 4.80. The van der Waals surface area contributed by atoms with Gasteiger partial charge in [-0.3, -0.25) is 0 Å². The second-order valence-corrected chi connectivity index (χ2v) is 7.87. The van der Waals surface area contributed by atoms with Crippen LogP contribution in [0.15, 0.2) is 24.3 Å². The van der Waals surface area contributed by atoms with E-state index in [0.29, 0.717) is 6.17 Å². The monoisotopic (exact) mass is 336 g/mol. The lowest BCUT2D eigenvalue weighted by molar-refractivity contribution is 0.511. The predicted molar refractivity (Wildman–Crippen MR) is 110 cm³/mol. The Morgan fingerprint density at radius 2 is 0.960 bits per heavy atom. The summed E-state index contributed by atoms with van der Waals surface area (Å²) >= 11 is 0. The van der Waals surface area contributed by atoms with Gasteiger partial charge in [-0.05, 0) is 77.1 Å². The van der Waals surface area contributed by atoms with Gasteiger partial charge in [-0.2, -0.15) is 0 Å². The fourth-order valence-electron chi connectivity index (χ4n) is 4.80. The third-order valence-electron chi connectivity index (χ3n) is 5.55. The second-order valence-electron chi connectivity index (χ2n) is 7.87. The number of anilines is 2. The maximum Gasteiger partial charge on any atom is 0.0987 e. The highest BCUT2D eigenvalue weighted by atomic mass is 15.4. The van der Waals surface area contributed by atoms with E-state index in [1.807, 2.05) is 0 Å². The van der Waals surface area contributed by atoms with E-state index in [1.165, 1.54) is 51.2 Å². The van der Waals surface area contributed by atoms with Crippen LogP contribution in [0.3, 0.4) is 0 Å². The molecule has 0 aliphatic carbocycles. The highest BCUT2D eigenvalue weighted by molar-refractivity contribution is 5.66. The Kier molecular flexibility index (Phi) is 4.81. The zero-order valence-electron chi connectivity index (χ0n) is 16.9. The molecule has 0 unspecified atom stereocenters. The molecule has 134 valence electrons. The van der Waals surface area contributed by atoms with Crippen LogP contribution in [-0.2, 0) is 0 Å². The van der Waals surface area contributed by atoms with Crippen molar-refractivity contribution in [2.45, 2.75) is 61.1 Å². The number of rotatable bonds is 2. The molecule has 1 saturated heterocycles. The topological polar surface area (TPSA) is 6.48 Å². The van der Waals surface area contributed by atoms with Crippen LogP contribution in [0.4, 0.5) is 11.4 Å². The number of hydrogen-bond acceptors (Lipinski definition) is 2. The highest BCUT2D eigenvalue weighted by Gasteiger charge is 2.29. The molecular formula is C23H32N2. The number of hydrogen-bond donors (Lipinski definition) is 0. The largest absolute Gasteiger partial charge is 0.351 e. The van der Waals surface area contributed by atoms with E-state index >= 15 is 0 Å². The summed E-state index contributed by atoms with van der Waals surface area (Å²) in [5, 5.41) is 0. The Labute approximate surface area is 153 Å². The van der Waals surface area contributed by atoms with Crippen LogP contribution >= 0.6 is 0 Å². The van der Waals surface area contributed by atoms with Crippen molar-refractivity contribution in [2.75, 3.05) is 22.9 Å². The van der Waals surface area contributed by atoms with Gasteiger partial charge < -0.3 is 9.80 Å². The molecule has 0 spiro atoms. The summed E-state index contributed by atoms with van der Waals surface area (Å²) in [6.07, 6.45) is 1.57. The Bertz CT molecular complexity index is 679. The van der Waals surface area contributed by atoms with Crippen LogP contribution in [0, 0.1) is 41.5 Å². The molecule has 3 rings (SSSR count). The summed E-state index contributed by atoms with van der Waals surface area (Å²) in [7, 11) is 0.